The van der Waals surface area contributed by atoms with E-state index < -0.39 is 15.9 Å². The van der Waals surface area contributed by atoms with Gasteiger partial charge in [0.2, 0.25) is 10.0 Å². The molecular weight excluding hydrogens is 296 g/mol. The van der Waals surface area contributed by atoms with Gasteiger partial charge >= 0.3 is 0 Å². The SMILES string of the molecule is Cc1oc(C)c(C(=O)Nc2nn(C)cc2S(N)(=O)=O)c1C. The van der Waals surface area contributed by atoms with Gasteiger partial charge < -0.3 is 9.73 Å². The molecule has 0 atom stereocenters. The Morgan fingerprint density at radius 1 is 1.33 bits per heavy atom. The summed E-state index contributed by atoms with van der Waals surface area (Å²) in [6, 6.07) is 0. The van der Waals surface area contributed by atoms with Crippen molar-refractivity contribution in [2.24, 2.45) is 12.2 Å². The van der Waals surface area contributed by atoms with Crippen LogP contribution < -0.4 is 10.5 Å². The molecular formula is C12H16N4O4S. The fourth-order valence-electron chi connectivity index (χ4n) is 2.06. The number of carbonyl (C=O) groups is 1. The zero-order valence-electron chi connectivity index (χ0n) is 12.1. The Morgan fingerprint density at radius 3 is 2.43 bits per heavy atom. The third-order valence-corrected chi connectivity index (χ3v) is 4.03. The van der Waals surface area contributed by atoms with E-state index in [1.165, 1.54) is 17.9 Å². The van der Waals surface area contributed by atoms with Crippen molar-refractivity contribution in [3.63, 3.8) is 0 Å². The lowest BCUT2D eigenvalue weighted by Crippen LogP contribution is -2.18. The lowest BCUT2D eigenvalue weighted by Gasteiger charge is -2.04. The molecule has 114 valence electrons. The molecule has 0 fully saturated rings. The third kappa shape index (κ3) is 2.83. The predicted octanol–water partition coefficient (Wildman–Crippen LogP) is 0.838. The first kappa shape index (κ1) is 15.3. The van der Waals surface area contributed by atoms with Gasteiger partial charge in [0.05, 0.1) is 5.56 Å². The van der Waals surface area contributed by atoms with Crippen LogP contribution in [0.2, 0.25) is 0 Å². The number of furan rings is 1. The summed E-state index contributed by atoms with van der Waals surface area (Å²) in [6.07, 6.45) is 1.23. The van der Waals surface area contributed by atoms with Gasteiger partial charge in [0.15, 0.2) is 5.82 Å². The van der Waals surface area contributed by atoms with Crippen LogP contribution in [0, 0.1) is 20.8 Å². The second kappa shape index (κ2) is 5.01. The van der Waals surface area contributed by atoms with Crippen molar-refractivity contribution >= 4 is 21.7 Å². The Labute approximate surface area is 122 Å². The molecule has 0 aromatic carbocycles. The van der Waals surface area contributed by atoms with Gasteiger partial charge in [-0.25, -0.2) is 13.6 Å². The number of anilines is 1. The van der Waals surface area contributed by atoms with Crippen molar-refractivity contribution in [1.29, 1.82) is 0 Å². The number of hydrogen-bond acceptors (Lipinski definition) is 5. The molecule has 0 aliphatic carbocycles. The van der Waals surface area contributed by atoms with Crippen LogP contribution >= 0.6 is 0 Å². The second-order valence-corrected chi connectivity index (χ2v) is 6.26. The first-order valence-electron chi connectivity index (χ1n) is 6.05. The fourth-order valence-corrected chi connectivity index (χ4v) is 2.72. The third-order valence-electron chi connectivity index (χ3n) is 3.12. The number of rotatable bonds is 3. The topological polar surface area (TPSA) is 120 Å². The fraction of sp³-hybridized carbons (Fsp3) is 0.333. The minimum atomic E-state index is -3.98. The average molecular weight is 312 g/mol. The zero-order chi connectivity index (χ0) is 15.9. The van der Waals surface area contributed by atoms with Crippen LogP contribution in [0.15, 0.2) is 15.5 Å². The predicted molar refractivity (Wildman–Crippen MR) is 75.5 cm³/mol. The van der Waals surface area contributed by atoms with Crippen LogP contribution in [0.5, 0.6) is 0 Å². The number of sulfonamides is 1. The molecule has 0 saturated heterocycles. The second-order valence-electron chi connectivity index (χ2n) is 4.73. The van der Waals surface area contributed by atoms with Gasteiger partial charge in [-0.1, -0.05) is 0 Å². The van der Waals surface area contributed by atoms with E-state index in [2.05, 4.69) is 10.4 Å². The normalized spacial score (nSPS) is 11.7. The monoisotopic (exact) mass is 312 g/mol. The van der Waals surface area contributed by atoms with E-state index in [4.69, 9.17) is 9.56 Å². The van der Waals surface area contributed by atoms with Crippen LogP contribution in [0.1, 0.15) is 27.4 Å². The van der Waals surface area contributed by atoms with Crippen molar-refractivity contribution in [1.82, 2.24) is 9.78 Å². The Hall–Kier alpha value is -2.13. The van der Waals surface area contributed by atoms with E-state index in [1.807, 2.05) is 0 Å². The first-order chi connectivity index (χ1) is 9.61. The number of hydrogen-bond donors (Lipinski definition) is 2. The van der Waals surface area contributed by atoms with Gasteiger partial charge in [0.1, 0.15) is 16.4 Å². The molecule has 0 unspecified atom stereocenters. The average Bonchev–Trinajstić information content (AvgIpc) is 2.80. The molecule has 0 saturated carbocycles. The van der Waals surface area contributed by atoms with Crippen molar-refractivity contribution < 1.29 is 17.6 Å². The highest BCUT2D eigenvalue weighted by atomic mass is 32.2. The van der Waals surface area contributed by atoms with E-state index in [1.54, 1.807) is 20.8 Å². The molecule has 0 spiro atoms. The number of primary sulfonamides is 1. The minimum absolute atomic E-state index is 0.109. The van der Waals surface area contributed by atoms with E-state index in [0.717, 1.165) is 0 Å². The molecule has 2 aromatic rings. The molecule has 21 heavy (non-hydrogen) atoms. The number of nitrogens with zero attached hydrogens (tertiary/aromatic N) is 2. The Morgan fingerprint density at radius 2 is 1.95 bits per heavy atom. The van der Waals surface area contributed by atoms with E-state index in [9.17, 15) is 13.2 Å². The van der Waals surface area contributed by atoms with Crippen molar-refractivity contribution in [2.75, 3.05) is 5.32 Å². The molecule has 0 aliphatic rings. The summed E-state index contributed by atoms with van der Waals surface area (Å²) in [4.78, 5) is 12.1. The lowest BCUT2D eigenvalue weighted by molar-refractivity contribution is 0.102. The van der Waals surface area contributed by atoms with Gasteiger partial charge in [-0.3, -0.25) is 9.48 Å². The van der Waals surface area contributed by atoms with Crippen molar-refractivity contribution in [2.45, 2.75) is 25.7 Å². The Kier molecular flexibility index (Phi) is 3.64. The molecule has 0 bridgehead atoms. The van der Waals surface area contributed by atoms with E-state index in [0.29, 0.717) is 22.6 Å². The highest BCUT2D eigenvalue weighted by Crippen LogP contribution is 2.23. The molecule has 0 radical (unpaired) electrons. The van der Waals surface area contributed by atoms with Crippen LogP contribution in [0.25, 0.3) is 0 Å². The smallest absolute Gasteiger partial charge is 0.260 e. The van der Waals surface area contributed by atoms with Crippen molar-refractivity contribution in [3.05, 3.63) is 28.8 Å². The summed E-state index contributed by atoms with van der Waals surface area (Å²) in [7, 11) is -2.45. The van der Waals surface area contributed by atoms with Crippen molar-refractivity contribution in [3.8, 4) is 0 Å². The summed E-state index contributed by atoms with van der Waals surface area (Å²) in [5.74, 6) is 0.481. The number of aryl methyl sites for hydroxylation is 3. The summed E-state index contributed by atoms with van der Waals surface area (Å²) in [5, 5.41) is 11.5. The van der Waals surface area contributed by atoms with Gasteiger partial charge in [-0.05, 0) is 20.8 Å². The van der Waals surface area contributed by atoms with E-state index in [-0.39, 0.29) is 10.7 Å². The van der Waals surface area contributed by atoms with Gasteiger partial charge in [-0.15, -0.1) is 0 Å². The zero-order valence-corrected chi connectivity index (χ0v) is 12.9. The molecule has 3 N–H and O–H groups in total. The summed E-state index contributed by atoms with van der Waals surface area (Å²) >= 11 is 0. The molecule has 2 aromatic heterocycles. The minimum Gasteiger partial charge on any atom is -0.466 e. The van der Waals surface area contributed by atoms with Gasteiger partial charge in [0, 0.05) is 18.8 Å². The molecule has 8 nitrogen and oxygen atoms in total. The maximum absolute atomic E-state index is 12.3. The standard InChI is InChI=1S/C12H16N4O4S/c1-6-7(2)20-8(3)10(6)12(17)14-11-9(21(13,18)19)5-16(4)15-11/h5H,1-4H3,(H2,13,18,19)(H,14,15,17). The van der Waals surface area contributed by atoms with Crippen LogP contribution in [-0.4, -0.2) is 24.1 Å². The molecule has 2 heterocycles. The number of carbonyl (C=O) groups excluding carboxylic acids is 1. The number of nitrogens with one attached hydrogen (secondary N) is 1. The summed E-state index contributed by atoms with van der Waals surface area (Å²) in [5.41, 5.74) is 1.05. The lowest BCUT2D eigenvalue weighted by atomic mass is 10.1. The molecule has 2 rings (SSSR count). The van der Waals surface area contributed by atoms with Gasteiger partial charge in [0.25, 0.3) is 5.91 Å². The maximum atomic E-state index is 12.3. The summed E-state index contributed by atoms with van der Waals surface area (Å²) < 4.78 is 29.6. The molecule has 9 heteroatoms. The number of aromatic nitrogens is 2. The number of amides is 1. The Balaban J connectivity index is 2.41. The van der Waals surface area contributed by atoms with Crippen LogP contribution in [-0.2, 0) is 17.1 Å². The highest BCUT2D eigenvalue weighted by Gasteiger charge is 2.23. The van der Waals surface area contributed by atoms with Gasteiger partial charge in [-0.2, -0.15) is 5.10 Å². The summed E-state index contributed by atoms with van der Waals surface area (Å²) in [6.45, 7) is 5.16. The maximum Gasteiger partial charge on any atom is 0.260 e. The van der Waals surface area contributed by atoms with E-state index >= 15 is 0 Å². The molecule has 1 amide bonds. The quantitative estimate of drug-likeness (QED) is 0.870. The van der Waals surface area contributed by atoms with Crippen LogP contribution in [0.4, 0.5) is 5.82 Å². The van der Waals surface area contributed by atoms with Crippen LogP contribution in [0.3, 0.4) is 0 Å². The Bertz CT molecular complexity index is 817. The highest BCUT2D eigenvalue weighted by molar-refractivity contribution is 7.89. The molecule has 0 aliphatic heterocycles. The largest absolute Gasteiger partial charge is 0.466 e. The first-order valence-corrected chi connectivity index (χ1v) is 7.60. The number of nitrogens with two attached hydrogens (primary N) is 1.